The van der Waals surface area contributed by atoms with Gasteiger partial charge in [-0.1, -0.05) is 17.3 Å². The van der Waals surface area contributed by atoms with E-state index in [2.05, 4.69) is 20.0 Å². The van der Waals surface area contributed by atoms with Crippen LogP contribution in [0.15, 0.2) is 28.8 Å². The number of rotatable bonds is 7. The highest BCUT2D eigenvalue weighted by Crippen LogP contribution is 2.45. The predicted octanol–water partition coefficient (Wildman–Crippen LogP) is 5.18. The highest BCUT2D eigenvalue weighted by molar-refractivity contribution is 5.85. The van der Waals surface area contributed by atoms with E-state index in [4.69, 9.17) is 9.26 Å². The number of fused-ring (bicyclic) bond motifs is 2. The van der Waals surface area contributed by atoms with Gasteiger partial charge in [-0.15, -0.1) is 0 Å². The molecule has 2 aromatic heterocycles. The van der Waals surface area contributed by atoms with E-state index >= 15 is 0 Å². The van der Waals surface area contributed by atoms with Gasteiger partial charge in [-0.2, -0.15) is 0 Å². The van der Waals surface area contributed by atoms with Crippen molar-refractivity contribution in [2.45, 2.75) is 83.1 Å². The average Bonchev–Trinajstić information content (AvgIpc) is 3.54. The van der Waals surface area contributed by atoms with Gasteiger partial charge in [-0.3, -0.25) is 0 Å². The number of anilines is 1. The number of halogens is 1. The molecule has 0 spiro atoms. The SMILES string of the molecule is Cc1cc(C(=O)O)nc(N2[C@@H]3CC[C@H]2CC(OCc2c(-c4c(C)cccc4F)noc2C2CC2)C3)n1. The second-order valence-corrected chi connectivity index (χ2v) is 10.3. The normalized spacial score (nSPS) is 23.3. The van der Waals surface area contributed by atoms with Crippen LogP contribution in [0, 0.1) is 19.7 Å². The van der Waals surface area contributed by atoms with E-state index in [9.17, 15) is 14.3 Å². The number of carboxylic acid groups (broad SMARTS) is 1. The molecule has 9 heteroatoms. The Kier molecular flexibility index (Phi) is 5.75. The lowest BCUT2D eigenvalue weighted by Gasteiger charge is -2.39. The quantitative estimate of drug-likeness (QED) is 0.481. The van der Waals surface area contributed by atoms with E-state index in [1.165, 1.54) is 12.1 Å². The molecule has 188 valence electrons. The van der Waals surface area contributed by atoms with Crippen molar-refractivity contribution in [3.63, 3.8) is 0 Å². The van der Waals surface area contributed by atoms with Crippen LogP contribution in [0.4, 0.5) is 10.3 Å². The van der Waals surface area contributed by atoms with Crippen LogP contribution in [0.3, 0.4) is 0 Å². The molecule has 1 N–H and O–H groups in total. The van der Waals surface area contributed by atoms with Crippen molar-refractivity contribution in [2.24, 2.45) is 0 Å². The lowest BCUT2D eigenvalue weighted by Crippen LogP contribution is -2.46. The molecule has 0 radical (unpaired) electrons. The minimum Gasteiger partial charge on any atom is -0.477 e. The maximum Gasteiger partial charge on any atom is 0.354 e. The maximum atomic E-state index is 14.8. The van der Waals surface area contributed by atoms with Crippen LogP contribution in [-0.4, -0.2) is 44.4 Å². The smallest absolute Gasteiger partial charge is 0.354 e. The van der Waals surface area contributed by atoms with Gasteiger partial charge in [0.15, 0.2) is 5.69 Å². The lowest BCUT2D eigenvalue weighted by molar-refractivity contribution is 0.0144. The highest BCUT2D eigenvalue weighted by Gasteiger charge is 2.43. The van der Waals surface area contributed by atoms with E-state index < -0.39 is 5.97 Å². The van der Waals surface area contributed by atoms with E-state index in [1.54, 1.807) is 13.0 Å². The van der Waals surface area contributed by atoms with Crippen molar-refractivity contribution in [1.82, 2.24) is 15.1 Å². The number of benzene rings is 1. The molecule has 2 aliphatic heterocycles. The number of piperidine rings is 1. The van der Waals surface area contributed by atoms with Crippen LogP contribution in [0.5, 0.6) is 0 Å². The number of aromatic nitrogens is 3. The number of nitrogens with zero attached hydrogens (tertiary/aromatic N) is 4. The molecular weight excluding hydrogens is 463 g/mol. The predicted molar refractivity (Wildman–Crippen MR) is 129 cm³/mol. The van der Waals surface area contributed by atoms with E-state index in [0.29, 0.717) is 35.4 Å². The molecule has 1 unspecified atom stereocenters. The van der Waals surface area contributed by atoms with Crippen molar-refractivity contribution in [3.05, 3.63) is 58.4 Å². The van der Waals surface area contributed by atoms with Gasteiger partial charge in [0.25, 0.3) is 0 Å². The van der Waals surface area contributed by atoms with Crippen LogP contribution in [0.1, 0.15) is 77.5 Å². The Morgan fingerprint density at radius 3 is 2.58 bits per heavy atom. The first-order valence-electron chi connectivity index (χ1n) is 12.6. The molecule has 4 heterocycles. The van der Waals surface area contributed by atoms with Gasteiger partial charge in [-0.05, 0) is 70.1 Å². The van der Waals surface area contributed by atoms with Gasteiger partial charge in [0, 0.05) is 34.8 Å². The third-order valence-corrected chi connectivity index (χ3v) is 7.67. The third-order valence-electron chi connectivity index (χ3n) is 7.67. The number of ether oxygens (including phenoxy) is 1. The summed E-state index contributed by atoms with van der Waals surface area (Å²) in [6.45, 7) is 4.00. The molecule has 1 aliphatic carbocycles. The van der Waals surface area contributed by atoms with E-state index in [1.807, 2.05) is 13.0 Å². The van der Waals surface area contributed by atoms with Gasteiger partial charge in [0.1, 0.15) is 17.3 Å². The summed E-state index contributed by atoms with van der Waals surface area (Å²) < 4.78 is 27.0. The Hall–Kier alpha value is -3.33. The first-order chi connectivity index (χ1) is 17.4. The zero-order chi connectivity index (χ0) is 25.0. The Bertz CT molecular complexity index is 1290. The fraction of sp³-hybridized carbons (Fsp3) is 0.481. The van der Waals surface area contributed by atoms with Crippen molar-refractivity contribution in [2.75, 3.05) is 4.90 Å². The standard InChI is InChI=1S/C27H29FN4O4/c1-14-4-3-5-21(28)23(14)24-20(25(36-31-24)16-6-7-16)13-35-19-11-17-8-9-18(12-19)32(17)27-29-15(2)10-22(30-27)26(33)34/h3-5,10,16-19H,6-9,11-13H2,1-2H3,(H,33,34)/t17-,18+,19?. The zero-order valence-electron chi connectivity index (χ0n) is 20.4. The first-order valence-corrected chi connectivity index (χ1v) is 12.6. The van der Waals surface area contributed by atoms with Crippen LogP contribution < -0.4 is 4.90 Å². The number of hydrogen-bond donors (Lipinski definition) is 1. The molecule has 3 fully saturated rings. The van der Waals surface area contributed by atoms with E-state index in [-0.39, 0.29) is 29.7 Å². The minimum absolute atomic E-state index is 0.0197. The minimum atomic E-state index is -1.05. The maximum absolute atomic E-state index is 14.8. The van der Waals surface area contributed by atoms with Gasteiger partial charge in [0.05, 0.1) is 12.7 Å². The molecule has 2 bridgehead atoms. The molecule has 6 rings (SSSR count). The summed E-state index contributed by atoms with van der Waals surface area (Å²) in [5, 5.41) is 13.7. The summed E-state index contributed by atoms with van der Waals surface area (Å²) in [4.78, 5) is 22.6. The topological polar surface area (TPSA) is 102 Å². The van der Waals surface area contributed by atoms with Crippen molar-refractivity contribution < 1.29 is 23.6 Å². The fourth-order valence-corrected chi connectivity index (χ4v) is 5.82. The summed E-state index contributed by atoms with van der Waals surface area (Å²) in [7, 11) is 0. The van der Waals surface area contributed by atoms with Gasteiger partial charge >= 0.3 is 5.97 Å². The van der Waals surface area contributed by atoms with Crippen molar-refractivity contribution in [1.29, 1.82) is 0 Å². The molecular formula is C27H29FN4O4. The summed E-state index contributed by atoms with van der Waals surface area (Å²) in [6, 6.07) is 6.91. The molecule has 3 aliphatic rings. The Morgan fingerprint density at radius 1 is 1.17 bits per heavy atom. The van der Waals surface area contributed by atoms with Gasteiger partial charge in [0.2, 0.25) is 5.95 Å². The van der Waals surface area contributed by atoms with Crippen LogP contribution in [-0.2, 0) is 11.3 Å². The monoisotopic (exact) mass is 492 g/mol. The Labute approximate surface area is 208 Å². The van der Waals surface area contributed by atoms with Crippen LogP contribution in [0.25, 0.3) is 11.3 Å². The molecule has 1 aromatic carbocycles. The summed E-state index contributed by atoms with van der Waals surface area (Å²) in [5.41, 5.74) is 3.36. The Morgan fingerprint density at radius 2 is 1.92 bits per heavy atom. The average molecular weight is 493 g/mol. The van der Waals surface area contributed by atoms with Crippen molar-refractivity contribution in [3.8, 4) is 11.3 Å². The first kappa shape index (κ1) is 23.1. The van der Waals surface area contributed by atoms with Gasteiger partial charge in [-0.25, -0.2) is 19.2 Å². The zero-order valence-corrected chi connectivity index (χ0v) is 20.4. The molecule has 36 heavy (non-hydrogen) atoms. The summed E-state index contributed by atoms with van der Waals surface area (Å²) >= 11 is 0. The third kappa shape index (κ3) is 4.15. The lowest BCUT2D eigenvalue weighted by atomic mass is 9.98. The molecule has 1 saturated carbocycles. The van der Waals surface area contributed by atoms with Crippen LogP contribution in [0.2, 0.25) is 0 Å². The van der Waals surface area contributed by atoms with Gasteiger partial charge < -0.3 is 19.3 Å². The number of hydrogen-bond acceptors (Lipinski definition) is 7. The number of aryl methyl sites for hydroxylation is 2. The second-order valence-electron chi connectivity index (χ2n) is 10.3. The van der Waals surface area contributed by atoms with E-state index in [0.717, 1.165) is 55.4 Å². The summed E-state index contributed by atoms with van der Waals surface area (Å²) in [5.74, 6) is 0.288. The molecule has 8 nitrogen and oxygen atoms in total. The molecule has 0 amide bonds. The highest BCUT2D eigenvalue weighted by atomic mass is 19.1. The molecule has 3 atom stereocenters. The molecule has 2 saturated heterocycles. The number of carbonyl (C=O) groups is 1. The largest absolute Gasteiger partial charge is 0.477 e. The fourth-order valence-electron chi connectivity index (χ4n) is 5.82. The van der Waals surface area contributed by atoms with Crippen molar-refractivity contribution >= 4 is 11.9 Å². The molecule has 3 aromatic rings. The second kappa shape index (κ2) is 8.96. The number of aromatic carboxylic acids is 1. The van der Waals surface area contributed by atoms with Crippen LogP contribution >= 0.6 is 0 Å². The summed E-state index contributed by atoms with van der Waals surface area (Å²) in [6.07, 6.45) is 5.71. The Balaban J connectivity index is 1.21. The number of carboxylic acids is 1.